The van der Waals surface area contributed by atoms with E-state index in [9.17, 15) is 25.9 Å². The van der Waals surface area contributed by atoms with Crippen LogP contribution in [0.3, 0.4) is 0 Å². The molecule has 2 aromatic carbocycles. The summed E-state index contributed by atoms with van der Waals surface area (Å²) in [6.07, 6.45) is 1.32. The summed E-state index contributed by atoms with van der Waals surface area (Å²) >= 11 is 0. The SMILES string of the molecule is CC(C)c1cc(C(C)C)c(S(=O)(=O)O)c(C(C)CCC(C)(C)c2cc(C(C)(C)C)c(S(=O)(=O)O)c(C(C)(C)C)c2)c1. The predicted molar refractivity (Wildman–Crippen MR) is 169 cm³/mol. The Morgan fingerprint density at radius 1 is 0.634 bits per heavy atom. The Hall–Kier alpha value is -1.74. The van der Waals surface area contributed by atoms with Crippen molar-refractivity contribution < 1.29 is 25.9 Å². The zero-order valence-corrected chi connectivity index (χ0v) is 28.9. The topological polar surface area (TPSA) is 109 Å². The molecule has 2 rings (SSSR count). The fraction of sp³-hybridized carbons (Fsp3) is 0.636. The van der Waals surface area contributed by atoms with Crippen molar-refractivity contribution in [3.05, 3.63) is 57.6 Å². The Kier molecular flexibility index (Phi) is 10.2. The van der Waals surface area contributed by atoms with Gasteiger partial charge in [-0.15, -0.1) is 0 Å². The zero-order chi connectivity index (χ0) is 32.1. The van der Waals surface area contributed by atoms with E-state index < -0.39 is 36.5 Å². The maximum Gasteiger partial charge on any atom is 0.295 e. The van der Waals surface area contributed by atoms with Gasteiger partial charge < -0.3 is 0 Å². The minimum absolute atomic E-state index is 0.0183. The van der Waals surface area contributed by atoms with Crippen LogP contribution < -0.4 is 0 Å². The third-order valence-corrected chi connectivity index (χ3v) is 10.1. The van der Waals surface area contributed by atoms with Gasteiger partial charge in [-0.2, -0.15) is 16.8 Å². The first-order valence-electron chi connectivity index (χ1n) is 14.5. The van der Waals surface area contributed by atoms with E-state index in [0.717, 1.165) is 11.1 Å². The lowest BCUT2D eigenvalue weighted by molar-refractivity contribution is 0.428. The fourth-order valence-electron chi connectivity index (χ4n) is 5.41. The van der Waals surface area contributed by atoms with E-state index in [4.69, 9.17) is 0 Å². The van der Waals surface area contributed by atoms with E-state index in [1.54, 1.807) is 0 Å². The summed E-state index contributed by atoms with van der Waals surface area (Å²) in [4.78, 5) is -0.000299. The van der Waals surface area contributed by atoms with E-state index in [-0.39, 0.29) is 27.5 Å². The van der Waals surface area contributed by atoms with Crippen LogP contribution in [0, 0.1) is 0 Å². The predicted octanol–water partition coefficient (Wildman–Crippen LogP) is 8.88. The van der Waals surface area contributed by atoms with Gasteiger partial charge in [-0.3, -0.25) is 9.11 Å². The van der Waals surface area contributed by atoms with Crippen molar-refractivity contribution in [2.45, 2.75) is 147 Å². The number of hydrogen-bond donors (Lipinski definition) is 2. The van der Waals surface area contributed by atoms with Gasteiger partial charge in [-0.1, -0.05) is 114 Å². The molecule has 41 heavy (non-hydrogen) atoms. The van der Waals surface area contributed by atoms with Gasteiger partial charge in [0.1, 0.15) is 9.79 Å². The van der Waals surface area contributed by atoms with E-state index in [2.05, 4.69) is 27.7 Å². The molecular weight excluding hydrogens is 556 g/mol. The second-order valence-corrected chi connectivity index (χ2v) is 17.7. The van der Waals surface area contributed by atoms with Crippen molar-refractivity contribution in [3.63, 3.8) is 0 Å². The van der Waals surface area contributed by atoms with Crippen LogP contribution >= 0.6 is 0 Å². The maximum absolute atomic E-state index is 12.7. The highest BCUT2D eigenvalue weighted by atomic mass is 32.2. The standard InChI is InChI=1S/C33H52O6S2/c1-20(2)23-16-25(21(3)4)29(40(34,35)36)26(17-23)22(5)14-15-33(12,13)24-18-27(31(6,7)8)30(41(37,38)39)28(19-24)32(9,10)11/h16-22H,14-15H2,1-13H3,(H,34,35,36)(H,37,38,39). The Morgan fingerprint density at radius 3 is 1.39 bits per heavy atom. The maximum atomic E-state index is 12.7. The van der Waals surface area contributed by atoms with Crippen molar-refractivity contribution in [1.29, 1.82) is 0 Å². The number of benzene rings is 2. The summed E-state index contributed by atoms with van der Waals surface area (Å²) in [6.45, 7) is 25.8. The van der Waals surface area contributed by atoms with Gasteiger partial charge in [0.25, 0.3) is 20.2 Å². The molecule has 0 fully saturated rings. The number of hydrogen-bond acceptors (Lipinski definition) is 4. The summed E-state index contributed by atoms with van der Waals surface area (Å²) in [6, 6.07) is 7.64. The van der Waals surface area contributed by atoms with Crippen LogP contribution in [0.4, 0.5) is 0 Å². The molecule has 2 N–H and O–H groups in total. The lowest BCUT2D eigenvalue weighted by atomic mass is 9.72. The first-order valence-corrected chi connectivity index (χ1v) is 17.4. The van der Waals surface area contributed by atoms with Gasteiger partial charge in [0.15, 0.2) is 0 Å². The molecule has 0 aromatic heterocycles. The molecule has 6 nitrogen and oxygen atoms in total. The molecule has 8 heteroatoms. The minimum atomic E-state index is -4.48. The van der Waals surface area contributed by atoms with Gasteiger partial charge in [0.2, 0.25) is 0 Å². The van der Waals surface area contributed by atoms with Crippen LogP contribution in [0.25, 0.3) is 0 Å². The zero-order valence-electron chi connectivity index (χ0n) is 27.3. The molecule has 232 valence electrons. The minimum Gasteiger partial charge on any atom is -0.282 e. The summed E-state index contributed by atoms with van der Waals surface area (Å²) in [5.74, 6) is -0.0528. The lowest BCUT2D eigenvalue weighted by Crippen LogP contribution is -2.27. The normalized spacial score (nSPS) is 14.7. The van der Waals surface area contributed by atoms with Crippen molar-refractivity contribution in [2.75, 3.05) is 0 Å². The highest BCUT2D eigenvalue weighted by Crippen LogP contribution is 2.43. The second kappa shape index (κ2) is 11.7. The van der Waals surface area contributed by atoms with Crippen LogP contribution in [-0.2, 0) is 36.5 Å². The van der Waals surface area contributed by atoms with Gasteiger partial charge in [0, 0.05) is 0 Å². The van der Waals surface area contributed by atoms with Gasteiger partial charge in [0.05, 0.1) is 0 Å². The Bertz CT molecular complexity index is 1450. The quantitative estimate of drug-likeness (QED) is 0.275. The molecule has 0 spiro atoms. The van der Waals surface area contributed by atoms with Gasteiger partial charge in [-0.25, -0.2) is 0 Å². The van der Waals surface area contributed by atoms with Crippen molar-refractivity contribution >= 4 is 20.2 Å². The second-order valence-electron chi connectivity index (χ2n) is 15.0. The van der Waals surface area contributed by atoms with Crippen LogP contribution in [0.1, 0.15) is 154 Å². The average Bonchev–Trinajstić information content (AvgIpc) is 2.78. The van der Waals surface area contributed by atoms with Crippen LogP contribution in [0.15, 0.2) is 34.1 Å². The van der Waals surface area contributed by atoms with Crippen molar-refractivity contribution in [1.82, 2.24) is 0 Å². The molecule has 2 aromatic rings. The fourth-order valence-corrected chi connectivity index (χ4v) is 7.85. The average molecular weight is 609 g/mol. The molecule has 0 saturated heterocycles. The highest BCUT2D eigenvalue weighted by molar-refractivity contribution is 7.86. The molecule has 0 heterocycles. The van der Waals surface area contributed by atoms with Gasteiger partial charge in [-0.05, 0) is 80.2 Å². The van der Waals surface area contributed by atoms with E-state index in [1.165, 1.54) is 0 Å². The van der Waals surface area contributed by atoms with Crippen LogP contribution in [0.2, 0.25) is 0 Å². The first-order chi connectivity index (χ1) is 18.2. The molecule has 0 bridgehead atoms. The molecule has 1 unspecified atom stereocenters. The Labute approximate surface area is 249 Å². The molecule has 0 amide bonds. The molecule has 0 aliphatic rings. The number of rotatable bonds is 9. The molecule has 0 aliphatic carbocycles. The third-order valence-electron chi connectivity index (χ3n) is 8.19. The summed E-state index contributed by atoms with van der Waals surface area (Å²) in [5, 5.41) is 0. The Morgan fingerprint density at radius 2 is 1.05 bits per heavy atom. The van der Waals surface area contributed by atoms with E-state index in [1.807, 2.05) is 86.6 Å². The van der Waals surface area contributed by atoms with Crippen LogP contribution in [-0.4, -0.2) is 25.9 Å². The Balaban J connectivity index is 2.70. The van der Waals surface area contributed by atoms with Crippen molar-refractivity contribution in [3.8, 4) is 0 Å². The summed E-state index contributed by atoms with van der Waals surface area (Å²) in [5.41, 5.74) is 2.91. The van der Waals surface area contributed by atoms with E-state index in [0.29, 0.717) is 35.1 Å². The van der Waals surface area contributed by atoms with Gasteiger partial charge >= 0.3 is 0 Å². The summed E-state index contributed by atoms with van der Waals surface area (Å²) in [7, 11) is -8.92. The molecule has 0 aliphatic heterocycles. The molecule has 1 atom stereocenters. The first kappa shape index (κ1) is 35.5. The van der Waals surface area contributed by atoms with Crippen molar-refractivity contribution in [2.24, 2.45) is 0 Å². The highest BCUT2D eigenvalue weighted by Gasteiger charge is 2.35. The summed E-state index contributed by atoms with van der Waals surface area (Å²) < 4.78 is 71.2. The third kappa shape index (κ3) is 8.21. The molecule has 0 saturated carbocycles. The smallest absolute Gasteiger partial charge is 0.282 e. The monoisotopic (exact) mass is 608 g/mol. The largest absolute Gasteiger partial charge is 0.295 e. The van der Waals surface area contributed by atoms with E-state index >= 15 is 0 Å². The van der Waals surface area contributed by atoms with Crippen LogP contribution in [0.5, 0.6) is 0 Å². The molecule has 0 radical (unpaired) electrons. The lowest BCUT2D eigenvalue weighted by Gasteiger charge is -2.34. The molecular formula is C33H52O6S2.